The molecule has 0 bridgehead atoms. The van der Waals surface area contributed by atoms with E-state index in [2.05, 4.69) is 4.72 Å². The Morgan fingerprint density at radius 3 is 2.56 bits per heavy atom. The molecule has 2 N–H and O–H groups in total. The first-order valence-electron chi connectivity index (χ1n) is 5.80. The maximum atomic E-state index is 11.9. The summed E-state index contributed by atoms with van der Waals surface area (Å²) in [6, 6.07) is -1.06. The molecule has 0 aromatic heterocycles. The molecule has 0 fully saturated rings. The van der Waals surface area contributed by atoms with Gasteiger partial charge in [-0.05, 0) is 24.9 Å². The van der Waals surface area contributed by atoms with Crippen LogP contribution in [0.5, 0.6) is 0 Å². The van der Waals surface area contributed by atoms with Crippen molar-refractivity contribution in [2.45, 2.75) is 32.2 Å². The van der Waals surface area contributed by atoms with E-state index in [0.29, 0.717) is 12.3 Å². The van der Waals surface area contributed by atoms with Crippen LogP contribution in [0.1, 0.15) is 26.2 Å². The van der Waals surface area contributed by atoms with Crippen LogP contribution in [0.3, 0.4) is 0 Å². The Bertz CT molecular complexity index is 346. The lowest BCUT2D eigenvalue weighted by Gasteiger charge is -2.20. The second-order valence-electron chi connectivity index (χ2n) is 3.97. The Morgan fingerprint density at radius 1 is 1.50 bits per heavy atom. The number of carboxylic acid groups (broad SMARTS) is 1. The zero-order valence-electron chi connectivity index (χ0n) is 11.0. The van der Waals surface area contributed by atoms with Gasteiger partial charge in [0.05, 0.1) is 0 Å². The third-order valence-electron chi connectivity index (χ3n) is 2.44. The topological polar surface area (TPSA) is 86.7 Å². The van der Waals surface area contributed by atoms with Gasteiger partial charge in [-0.3, -0.25) is 4.79 Å². The molecule has 0 heterocycles. The fourth-order valence-electron chi connectivity index (χ4n) is 1.24. The van der Waals surface area contributed by atoms with Crippen molar-refractivity contribution in [1.29, 1.82) is 0 Å². The molecule has 0 unspecified atom stereocenters. The fraction of sp³-hybridized carbons (Fsp3) is 0.900. The van der Waals surface area contributed by atoms with Gasteiger partial charge < -0.3 is 5.11 Å². The lowest BCUT2D eigenvalue weighted by Crippen LogP contribution is -2.47. The van der Waals surface area contributed by atoms with E-state index in [1.807, 2.05) is 13.2 Å². The van der Waals surface area contributed by atoms with Crippen LogP contribution < -0.4 is 4.72 Å². The van der Waals surface area contributed by atoms with E-state index in [4.69, 9.17) is 5.11 Å². The number of unbranched alkanes of at least 4 members (excludes halogenated alkanes) is 1. The van der Waals surface area contributed by atoms with Crippen molar-refractivity contribution >= 4 is 27.9 Å². The summed E-state index contributed by atoms with van der Waals surface area (Å²) in [5.74, 6) is -0.547. The summed E-state index contributed by atoms with van der Waals surface area (Å²) in [5, 5.41) is 8.97. The normalized spacial score (nSPS) is 13.8. The van der Waals surface area contributed by atoms with Crippen LogP contribution in [0.25, 0.3) is 0 Å². The molecule has 0 aromatic carbocycles. The minimum Gasteiger partial charge on any atom is -0.480 e. The Morgan fingerprint density at radius 2 is 2.11 bits per heavy atom. The number of carbonyl (C=O) groups is 1. The molecule has 0 saturated heterocycles. The quantitative estimate of drug-likeness (QED) is 0.622. The molecule has 0 saturated carbocycles. The van der Waals surface area contributed by atoms with Gasteiger partial charge in [0.2, 0.25) is 0 Å². The highest BCUT2D eigenvalue weighted by Crippen LogP contribution is 2.05. The van der Waals surface area contributed by atoms with E-state index in [0.717, 1.165) is 17.1 Å². The minimum absolute atomic E-state index is 0.275. The summed E-state index contributed by atoms with van der Waals surface area (Å²) in [6.07, 6.45) is 3.76. The molecule has 1 atom stereocenters. The van der Waals surface area contributed by atoms with E-state index in [1.165, 1.54) is 18.8 Å². The fourth-order valence-corrected chi connectivity index (χ4v) is 2.84. The van der Waals surface area contributed by atoms with Crippen molar-refractivity contribution in [1.82, 2.24) is 9.03 Å². The van der Waals surface area contributed by atoms with Gasteiger partial charge in [-0.25, -0.2) is 0 Å². The average Bonchev–Trinajstić information content (AvgIpc) is 2.30. The van der Waals surface area contributed by atoms with E-state index in [9.17, 15) is 13.2 Å². The number of nitrogens with zero attached hydrogens (tertiary/aromatic N) is 1. The van der Waals surface area contributed by atoms with E-state index in [-0.39, 0.29) is 6.42 Å². The zero-order chi connectivity index (χ0) is 14.2. The highest BCUT2D eigenvalue weighted by atomic mass is 32.2. The molecule has 0 aliphatic rings. The molecule has 0 amide bonds. The first-order chi connectivity index (χ1) is 8.35. The molecule has 6 nitrogen and oxygen atoms in total. The van der Waals surface area contributed by atoms with Crippen LogP contribution in [0.15, 0.2) is 0 Å². The summed E-state index contributed by atoms with van der Waals surface area (Å²) < 4.78 is 27.1. The van der Waals surface area contributed by atoms with Crippen LogP contribution in [0.2, 0.25) is 0 Å². The zero-order valence-corrected chi connectivity index (χ0v) is 12.7. The largest absolute Gasteiger partial charge is 0.480 e. The highest BCUT2D eigenvalue weighted by molar-refractivity contribution is 7.98. The number of hydrogen-bond donors (Lipinski definition) is 2. The van der Waals surface area contributed by atoms with Crippen molar-refractivity contribution in [3.8, 4) is 0 Å². The van der Waals surface area contributed by atoms with Crippen LogP contribution >= 0.6 is 11.8 Å². The second kappa shape index (κ2) is 8.73. The summed E-state index contributed by atoms with van der Waals surface area (Å²) >= 11 is 1.48. The second-order valence-corrected chi connectivity index (χ2v) is 6.77. The summed E-state index contributed by atoms with van der Waals surface area (Å²) in [7, 11) is -2.26. The van der Waals surface area contributed by atoms with Gasteiger partial charge in [0.25, 0.3) is 10.2 Å². The molecule has 0 aliphatic carbocycles. The molecule has 0 aliphatic heterocycles. The van der Waals surface area contributed by atoms with Crippen molar-refractivity contribution in [2.75, 3.05) is 25.6 Å². The maximum absolute atomic E-state index is 11.9. The molecule has 0 aromatic rings. The van der Waals surface area contributed by atoms with Gasteiger partial charge >= 0.3 is 5.97 Å². The van der Waals surface area contributed by atoms with Gasteiger partial charge in [-0.15, -0.1) is 0 Å². The Balaban J connectivity index is 4.54. The summed E-state index contributed by atoms with van der Waals surface area (Å²) in [5.41, 5.74) is 0. The molecule has 18 heavy (non-hydrogen) atoms. The number of nitrogens with one attached hydrogen (secondary N) is 1. The van der Waals surface area contributed by atoms with Crippen molar-refractivity contribution in [3.05, 3.63) is 0 Å². The predicted octanol–water partition coefficient (Wildman–Crippen LogP) is 0.759. The van der Waals surface area contributed by atoms with Gasteiger partial charge in [0, 0.05) is 13.6 Å². The van der Waals surface area contributed by atoms with Gasteiger partial charge in [0.15, 0.2) is 0 Å². The van der Waals surface area contributed by atoms with Gasteiger partial charge in [0.1, 0.15) is 6.04 Å². The molecule has 0 spiro atoms. The van der Waals surface area contributed by atoms with E-state index < -0.39 is 22.2 Å². The van der Waals surface area contributed by atoms with Gasteiger partial charge in [-0.2, -0.15) is 29.2 Å². The van der Waals surface area contributed by atoms with Crippen LogP contribution in [-0.2, 0) is 15.0 Å². The smallest absolute Gasteiger partial charge is 0.321 e. The minimum atomic E-state index is -3.71. The molecular weight excluding hydrogens is 276 g/mol. The molecule has 8 heteroatoms. The van der Waals surface area contributed by atoms with Crippen molar-refractivity contribution < 1.29 is 18.3 Å². The average molecular weight is 298 g/mol. The van der Waals surface area contributed by atoms with E-state index in [1.54, 1.807) is 0 Å². The number of thioether (sulfide) groups is 1. The third kappa shape index (κ3) is 6.58. The Labute approximate surface area is 113 Å². The molecule has 0 radical (unpaired) electrons. The first-order valence-corrected chi connectivity index (χ1v) is 8.63. The monoisotopic (exact) mass is 298 g/mol. The van der Waals surface area contributed by atoms with Crippen LogP contribution in [-0.4, -0.2) is 55.4 Å². The SMILES string of the molecule is CCCCN(C)S(=O)(=O)N[C@@H](CCSC)C(=O)O. The lowest BCUT2D eigenvalue weighted by atomic mass is 10.2. The number of carboxylic acids is 1. The lowest BCUT2D eigenvalue weighted by molar-refractivity contribution is -0.139. The first kappa shape index (κ1) is 17.7. The summed E-state index contributed by atoms with van der Waals surface area (Å²) in [4.78, 5) is 11.0. The van der Waals surface area contributed by atoms with Crippen molar-refractivity contribution in [2.24, 2.45) is 0 Å². The molecular formula is C10H22N2O4S2. The standard InChI is InChI=1S/C10H22N2O4S2/c1-4-5-7-12(2)18(15,16)11-9(10(13)14)6-8-17-3/h9,11H,4-8H2,1-3H3,(H,13,14)/t9-/m0/s1. The highest BCUT2D eigenvalue weighted by Gasteiger charge is 2.26. The maximum Gasteiger partial charge on any atom is 0.321 e. The van der Waals surface area contributed by atoms with E-state index >= 15 is 0 Å². The van der Waals surface area contributed by atoms with Gasteiger partial charge in [-0.1, -0.05) is 13.3 Å². The van der Waals surface area contributed by atoms with Crippen LogP contribution in [0.4, 0.5) is 0 Å². The molecule has 0 rings (SSSR count). The Hall–Kier alpha value is -0.310. The number of hydrogen-bond acceptors (Lipinski definition) is 4. The number of rotatable bonds is 10. The number of aliphatic carboxylic acids is 1. The third-order valence-corrected chi connectivity index (χ3v) is 4.67. The van der Waals surface area contributed by atoms with Crippen LogP contribution in [0, 0.1) is 0 Å². The molecule has 108 valence electrons. The van der Waals surface area contributed by atoms with Crippen molar-refractivity contribution in [3.63, 3.8) is 0 Å². The Kier molecular flexibility index (Phi) is 8.58. The predicted molar refractivity (Wildman–Crippen MR) is 74.0 cm³/mol. The summed E-state index contributed by atoms with van der Waals surface area (Å²) in [6.45, 7) is 2.35.